The maximum Gasteiger partial charge on any atom is 0.316 e. The number of methoxy groups -OCH3 is 1. The van der Waals surface area contributed by atoms with Crippen LogP contribution in [0.1, 0.15) is 21.6 Å². The summed E-state index contributed by atoms with van der Waals surface area (Å²) in [5.74, 6) is 0.0424. The van der Waals surface area contributed by atoms with E-state index in [1.807, 2.05) is 6.92 Å². The van der Waals surface area contributed by atoms with E-state index in [9.17, 15) is 13.2 Å². The first-order valence-electron chi connectivity index (χ1n) is 9.31. The van der Waals surface area contributed by atoms with Gasteiger partial charge in [-0.05, 0) is 42.3 Å². The quantitative estimate of drug-likeness (QED) is 0.391. The highest BCUT2D eigenvalue weighted by Crippen LogP contribution is 2.39. The van der Waals surface area contributed by atoms with E-state index in [4.69, 9.17) is 20.8 Å². The predicted molar refractivity (Wildman–Crippen MR) is 118 cm³/mol. The highest BCUT2D eigenvalue weighted by atomic mass is 35.5. The number of nitrogens with zero attached hydrogens (tertiary/aromatic N) is 3. The monoisotopic (exact) mass is 476 g/mol. The first kappa shape index (κ1) is 22.0. The van der Waals surface area contributed by atoms with Crippen LogP contribution in [0.5, 0.6) is 5.75 Å². The second-order valence-corrected chi connectivity index (χ2v) is 8.08. The van der Waals surface area contributed by atoms with Crippen molar-refractivity contribution in [3.8, 4) is 17.2 Å². The van der Waals surface area contributed by atoms with E-state index in [1.165, 1.54) is 31.7 Å². The first-order chi connectivity index (χ1) is 15.4. The number of halogens is 3. The zero-order chi connectivity index (χ0) is 22.8. The molecule has 1 aromatic carbocycles. The van der Waals surface area contributed by atoms with Crippen LogP contribution in [0.15, 0.2) is 47.3 Å². The molecule has 0 bridgehead atoms. The summed E-state index contributed by atoms with van der Waals surface area (Å²) >= 11 is 6.14. The van der Waals surface area contributed by atoms with Crippen molar-refractivity contribution in [2.45, 2.75) is 13.5 Å². The first-order valence-corrected chi connectivity index (χ1v) is 10.8. The molecule has 0 saturated carbocycles. The van der Waals surface area contributed by atoms with Gasteiger partial charge >= 0.3 is 8.54 Å². The minimum Gasteiger partial charge on any atom is -0.494 e. The zero-order valence-corrected chi connectivity index (χ0v) is 18.5. The Morgan fingerprint density at radius 1 is 1.22 bits per heavy atom. The molecule has 0 spiro atoms. The summed E-state index contributed by atoms with van der Waals surface area (Å²) in [7, 11) is -1.92. The molecule has 1 N–H and O–H groups in total. The summed E-state index contributed by atoms with van der Waals surface area (Å²) in [6.07, 6.45) is 4.39. The SMILES string of the molecule is COc1ccc(-c2nc(C(=O)NCc3c(C)cncc3Cl)co2)c2ccc(P(F)F)nc12. The lowest BCUT2D eigenvalue weighted by Crippen LogP contribution is -2.23. The van der Waals surface area contributed by atoms with Crippen LogP contribution in [0.25, 0.3) is 22.4 Å². The number of oxazole rings is 1. The van der Waals surface area contributed by atoms with Crippen LogP contribution in [0, 0.1) is 6.92 Å². The van der Waals surface area contributed by atoms with Crippen molar-refractivity contribution in [1.29, 1.82) is 0 Å². The number of carbonyl (C=O) groups is 1. The maximum atomic E-state index is 13.2. The highest BCUT2D eigenvalue weighted by Gasteiger charge is 2.19. The van der Waals surface area contributed by atoms with Crippen LogP contribution in [-0.4, -0.2) is 28.0 Å². The van der Waals surface area contributed by atoms with E-state index in [0.717, 1.165) is 11.1 Å². The topological polar surface area (TPSA) is 90.1 Å². The molecule has 0 aliphatic heterocycles. The Kier molecular flexibility index (Phi) is 6.30. The third-order valence-corrected chi connectivity index (χ3v) is 5.73. The van der Waals surface area contributed by atoms with Gasteiger partial charge in [0.1, 0.15) is 23.0 Å². The fourth-order valence-electron chi connectivity index (χ4n) is 3.17. The van der Waals surface area contributed by atoms with Crippen molar-refractivity contribution in [3.05, 3.63) is 64.8 Å². The smallest absolute Gasteiger partial charge is 0.316 e. The average Bonchev–Trinajstić information content (AvgIpc) is 3.27. The van der Waals surface area contributed by atoms with Gasteiger partial charge in [-0.3, -0.25) is 9.78 Å². The van der Waals surface area contributed by atoms with E-state index in [1.54, 1.807) is 18.3 Å². The lowest BCUT2D eigenvalue weighted by atomic mass is 10.1. The van der Waals surface area contributed by atoms with Gasteiger partial charge in [0.15, 0.2) is 5.69 Å². The number of hydrogen-bond donors (Lipinski definition) is 1. The summed E-state index contributed by atoms with van der Waals surface area (Å²) < 4.78 is 37.1. The molecule has 32 heavy (non-hydrogen) atoms. The number of aryl methyl sites for hydroxylation is 1. The van der Waals surface area contributed by atoms with E-state index < -0.39 is 14.5 Å². The number of pyridine rings is 2. The number of fused-ring (bicyclic) bond motifs is 1. The van der Waals surface area contributed by atoms with Crippen LogP contribution in [-0.2, 0) is 6.54 Å². The molecule has 0 aliphatic rings. The minimum atomic E-state index is -3.35. The standard InChI is InChI=1S/C21H16ClF2N4O3P/c1-11-7-25-9-15(22)14(11)8-26-20(29)16-10-31-21(27-16)13-3-5-17(30-2)19-12(13)4-6-18(28-19)32(23)24/h3-7,9-10H,8H2,1-2H3,(H,26,29). The van der Waals surface area contributed by atoms with Gasteiger partial charge in [-0.1, -0.05) is 11.6 Å². The lowest BCUT2D eigenvalue weighted by Gasteiger charge is -2.09. The Morgan fingerprint density at radius 2 is 2.03 bits per heavy atom. The normalized spacial score (nSPS) is 11.2. The van der Waals surface area contributed by atoms with Gasteiger partial charge in [0, 0.05) is 29.9 Å². The average molecular weight is 477 g/mol. The minimum absolute atomic E-state index is 0.0624. The van der Waals surface area contributed by atoms with E-state index in [2.05, 4.69) is 20.3 Å². The number of ether oxygens (including phenoxy) is 1. The van der Waals surface area contributed by atoms with Gasteiger partial charge in [-0.25, -0.2) is 9.97 Å². The number of benzene rings is 1. The molecule has 3 aromatic heterocycles. The fourth-order valence-corrected chi connectivity index (χ4v) is 3.81. The molecule has 0 radical (unpaired) electrons. The highest BCUT2D eigenvalue weighted by molar-refractivity contribution is 7.54. The van der Waals surface area contributed by atoms with Crippen molar-refractivity contribution in [1.82, 2.24) is 20.3 Å². The molecule has 4 aromatic rings. The van der Waals surface area contributed by atoms with Crippen molar-refractivity contribution < 1.29 is 22.3 Å². The lowest BCUT2D eigenvalue weighted by molar-refractivity contribution is 0.0946. The third-order valence-electron chi connectivity index (χ3n) is 4.81. The largest absolute Gasteiger partial charge is 0.494 e. The van der Waals surface area contributed by atoms with Gasteiger partial charge in [0.2, 0.25) is 5.89 Å². The number of hydrogen-bond acceptors (Lipinski definition) is 6. The summed E-state index contributed by atoms with van der Waals surface area (Å²) in [4.78, 5) is 24.9. The van der Waals surface area contributed by atoms with Gasteiger partial charge in [0.05, 0.1) is 12.1 Å². The molecule has 4 rings (SSSR count). The van der Waals surface area contributed by atoms with E-state index >= 15 is 0 Å². The number of amides is 1. The molecule has 3 heterocycles. The molecule has 164 valence electrons. The number of carbonyl (C=O) groups excluding carboxylic acids is 1. The van der Waals surface area contributed by atoms with Crippen molar-refractivity contribution in [2.75, 3.05) is 7.11 Å². The van der Waals surface area contributed by atoms with Crippen LogP contribution in [0.4, 0.5) is 8.39 Å². The molecule has 7 nitrogen and oxygen atoms in total. The molecule has 0 aliphatic carbocycles. The fraction of sp³-hybridized carbons (Fsp3) is 0.143. The summed E-state index contributed by atoms with van der Waals surface area (Å²) in [6.45, 7) is 2.04. The molecule has 0 fully saturated rings. The van der Waals surface area contributed by atoms with Crippen molar-refractivity contribution >= 4 is 42.4 Å². The Labute approximate surface area is 187 Å². The van der Waals surface area contributed by atoms with Crippen LogP contribution < -0.4 is 15.5 Å². The maximum absolute atomic E-state index is 13.2. The summed E-state index contributed by atoms with van der Waals surface area (Å²) in [5, 5.41) is 3.71. The number of nitrogens with one attached hydrogen (secondary N) is 1. The predicted octanol–water partition coefficient (Wildman–Crippen LogP) is 5.06. The summed E-state index contributed by atoms with van der Waals surface area (Å²) in [5.41, 5.74) is 2.11. The Balaban J connectivity index is 1.62. The van der Waals surface area contributed by atoms with Gasteiger partial charge in [-0.15, -0.1) is 0 Å². The molecule has 0 unspecified atom stereocenters. The molecule has 0 atom stereocenters. The van der Waals surface area contributed by atoms with Crippen molar-refractivity contribution in [2.24, 2.45) is 0 Å². The third kappa shape index (κ3) is 4.26. The van der Waals surface area contributed by atoms with Gasteiger partial charge in [-0.2, -0.15) is 8.39 Å². The van der Waals surface area contributed by atoms with Crippen LogP contribution in [0.2, 0.25) is 5.02 Å². The molecular weight excluding hydrogens is 461 g/mol. The molecular formula is C21H16ClF2N4O3P. The Morgan fingerprint density at radius 3 is 2.75 bits per heavy atom. The van der Waals surface area contributed by atoms with Crippen LogP contribution >= 0.6 is 20.1 Å². The second kappa shape index (κ2) is 9.14. The molecule has 1 amide bonds. The van der Waals surface area contributed by atoms with Crippen molar-refractivity contribution in [3.63, 3.8) is 0 Å². The number of rotatable bonds is 6. The Bertz CT molecular complexity index is 1300. The van der Waals surface area contributed by atoms with Gasteiger partial charge in [0.25, 0.3) is 5.91 Å². The molecule has 11 heteroatoms. The summed E-state index contributed by atoms with van der Waals surface area (Å²) in [6, 6.07) is 6.03. The second-order valence-electron chi connectivity index (χ2n) is 6.75. The van der Waals surface area contributed by atoms with Gasteiger partial charge < -0.3 is 14.5 Å². The Hall–Kier alpha value is -3.16. The zero-order valence-electron chi connectivity index (χ0n) is 16.9. The van der Waals surface area contributed by atoms with E-state index in [0.29, 0.717) is 21.7 Å². The number of aromatic nitrogens is 3. The van der Waals surface area contributed by atoms with E-state index in [-0.39, 0.29) is 29.1 Å². The molecule has 0 saturated heterocycles. The van der Waals surface area contributed by atoms with Crippen LogP contribution in [0.3, 0.4) is 0 Å².